The first-order valence-electron chi connectivity index (χ1n) is 5.54. The number of methoxy groups -OCH3 is 1. The molecule has 0 amide bonds. The molecule has 0 aliphatic rings. The van der Waals surface area contributed by atoms with Gasteiger partial charge in [-0.1, -0.05) is 0 Å². The number of halogens is 1. The summed E-state index contributed by atoms with van der Waals surface area (Å²) in [6, 6.07) is 7.40. The minimum atomic E-state index is -0.360. The predicted octanol–water partition coefficient (Wildman–Crippen LogP) is 3.87. The third kappa shape index (κ3) is 2.02. The summed E-state index contributed by atoms with van der Waals surface area (Å²) in [5.74, 6) is 0.0763. The third-order valence-corrected chi connectivity index (χ3v) is 3.65. The minimum absolute atomic E-state index is 0.182. The standard InChI is InChI=1S/C14H9FO3S/c1-17-11-4-5-19-14(11)13(16)12-7-8-6-9(15)2-3-10(8)18-12/h2-7H,1H3. The van der Waals surface area contributed by atoms with Crippen LogP contribution in [-0.2, 0) is 0 Å². The lowest BCUT2D eigenvalue weighted by Crippen LogP contribution is -1.98. The fraction of sp³-hybridized carbons (Fsp3) is 0.0714. The van der Waals surface area contributed by atoms with Gasteiger partial charge >= 0.3 is 0 Å². The molecule has 0 aliphatic carbocycles. The van der Waals surface area contributed by atoms with E-state index in [1.54, 1.807) is 17.5 Å². The summed E-state index contributed by atoms with van der Waals surface area (Å²) in [6.07, 6.45) is 0. The smallest absolute Gasteiger partial charge is 0.241 e. The van der Waals surface area contributed by atoms with Crippen LogP contribution in [0.3, 0.4) is 0 Å². The van der Waals surface area contributed by atoms with Crippen LogP contribution < -0.4 is 4.74 Å². The van der Waals surface area contributed by atoms with Gasteiger partial charge in [-0.25, -0.2) is 4.39 Å². The van der Waals surface area contributed by atoms with Gasteiger partial charge in [0.25, 0.3) is 0 Å². The van der Waals surface area contributed by atoms with Crippen LogP contribution in [0.15, 0.2) is 40.1 Å². The highest BCUT2D eigenvalue weighted by molar-refractivity contribution is 7.12. The number of benzene rings is 1. The number of ketones is 1. The molecule has 0 unspecified atom stereocenters. The van der Waals surface area contributed by atoms with Gasteiger partial charge < -0.3 is 9.15 Å². The van der Waals surface area contributed by atoms with Gasteiger partial charge in [-0.3, -0.25) is 4.79 Å². The first-order chi connectivity index (χ1) is 9.19. The number of hydrogen-bond donors (Lipinski definition) is 0. The zero-order chi connectivity index (χ0) is 13.4. The Morgan fingerprint density at radius 3 is 2.95 bits per heavy atom. The normalized spacial score (nSPS) is 10.8. The van der Waals surface area contributed by atoms with Crippen molar-refractivity contribution in [3.8, 4) is 5.75 Å². The Morgan fingerprint density at radius 2 is 2.16 bits per heavy atom. The van der Waals surface area contributed by atoms with Crippen LogP contribution in [0.1, 0.15) is 15.4 Å². The topological polar surface area (TPSA) is 39.4 Å². The molecule has 0 fully saturated rings. The van der Waals surface area contributed by atoms with E-state index in [2.05, 4.69) is 0 Å². The van der Waals surface area contributed by atoms with Crippen LogP contribution in [0.4, 0.5) is 4.39 Å². The van der Waals surface area contributed by atoms with Crippen molar-refractivity contribution < 1.29 is 18.3 Å². The molecule has 96 valence electrons. The Morgan fingerprint density at radius 1 is 1.32 bits per heavy atom. The molecule has 0 atom stereocenters. The molecule has 0 aliphatic heterocycles. The van der Waals surface area contributed by atoms with Crippen molar-refractivity contribution in [1.29, 1.82) is 0 Å². The molecule has 0 bridgehead atoms. The van der Waals surface area contributed by atoms with E-state index in [1.165, 1.54) is 36.6 Å². The first kappa shape index (κ1) is 11.9. The predicted molar refractivity (Wildman–Crippen MR) is 70.5 cm³/mol. The SMILES string of the molecule is COc1ccsc1C(=O)c1cc2cc(F)ccc2o1. The molecular formula is C14H9FO3S. The highest BCUT2D eigenvalue weighted by atomic mass is 32.1. The van der Waals surface area contributed by atoms with E-state index in [0.717, 1.165) is 0 Å². The summed E-state index contributed by atoms with van der Waals surface area (Å²) in [6.45, 7) is 0. The number of ether oxygens (including phenoxy) is 1. The van der Waals surface area contributed by atoms with Crippen LogP contribution in [-0.4, -0.2) is 12.9 Å². The molecule has 2 heterocycles. The van der Waals surface area contributed by atoms with Gasteiger partial charge in [0, 0.05) is 5.39 Å². The molecule has 0 N–H and O–H groups in total. The second-order valence-electron chi connectivity index (χ2n) is 3.94. The summed E-state index contributed by atoms with van der Waals surface area (Å²) in [7, 11) is 1.51. The highest BCUT2D eigenvalue weighted by Gasteiger charge is 2.20. The largest absolute Gasteiger partial charge is 0.495 e. The first-order valence-corrected chi connectivity index (χ1v) is 6.42. The maximum absolute atomic E-state index is 13.1. The van der Waals surface area contributed by atoms with Crippen molar-refractivity contribution in [1.82, 2.24) is 0 Å². The number of carbonyl (C=O) groups excluding carboxylic acids is 1. The van der Waals surface area contributed by atoms with Gasteiger partial charge in [-0.05, 0) is 35.7 Å². The van der Waals surface area contributed by atoms with Crippen molar-refractivity contribution >= 4 is 28.1 Å². The quantitative estimate of drug-likeness (QED) is 0.682. The molecule has 0 saturated heterocycles. The number of rotatable bonds is 3. The maximum atomic E-state index is 13.1. The van der Waals surface area contributed by atoms with E-state index >= 15 is 0 Å². The molecule has 0 radical (unpaired) electrons. The molecule has 0 spiro atoms. The van der Waals surface area contributed by atoms with Gasteiger partial charge in [0.05, 0.1) is 7.11 Å². The van der Waals surface area contributed by atoms with Crippen LogP contribution in [0.5, 0.6) is 5.75 Å². The van der Waals surface area contributed by atoms with Crippen LogP contribution in [0.25, 0.3) is 11.0 Å². The molecule has 19 heavy (non-hydrogen) atoms. The molecule has 0 saturated carbocycles. The molecule has 3 rings (SSSR count). The molecule has 5 heteroatoms. The van der Waals surface area contributed by atoms with Gasteiger partial charge in [0.2, 0.25) is 5.78 Å². The van der Waals surface area contributed by atoms with Gasteiger partial charge in [0.15, 0.2) is 5.76 Å². The zero-order valence-electron chi connectivity index (χ0n) is 9.98. The summed E-state index contributed by atoms with van der Waals surface area (Å²) in [5.41, 5.74) is 0.486. The van der Waals surface area contributed by atoms with E-state index in [4.69, 9.17) is 9.15 Å². The lowest BCUT2D eigenvalue weighted by atomic mass is 10.2. The molecule has 3 nitrogen and oxygen atoms in total. The van der Waals surface area contributed by atoms with E-state index in [1.807, 2.05) is 0 Å². The lowest BCUT2D eigenvalue weighted by molar-refractivity contribution is 0.101. The van der Waals surface area contributed by atoms with Gasteiger partial charge in [-0.15, -0.1) is 11.3 Å². The number of fused-ring (bicyclic) bond motifs is 1. The fourth-order valence-corrected chi connectivity index (χ4v) is 2.66. The number of thiophene rings is 1. The Bertz CT molecular complexity index is 757. The fourth-order valence-electron chi connectivity index (χ4n) is 1.86. The summed E-state index contributed by atoms with van der Waals surface area (Å²) >= 11 is 1.28. The van der Waals surface area contributed by atoms with Crippen molar-refractivity contribution in [2.45, 2.75) is 0 Å². The molecule has 2 aromatic heterocycles. The Labute approximate surface area is 112 Å². The highest BCUT2D eigenvalue weighted by Crippen LogP contribution is 2.29. The van der Waals surface area contributed by atoms with Crippen LogP contribution >= 0.6 is 11.3 Å². The molecule has 1 aromatic carbocycles. The third-order valence-electron chi connectivity index (χ3n) is 2.76. The van der Waals surface area contributed by atoms with E-state index in [0.29, 0.717) is 21.6 Å². The van der Waals surface area contributed by atoms with Gasteiger partial charge in [0.1, 0.15) is 22.0 Å². The van der Waals surface area contributed by atoms with Crippen LogP contribution in [0.2, 0.25) is 0 Å². The summed E-state index contributed by atoms with van der Waals surface area (Å²) in [5, 5.41) is 2.34. The molecule has 3 aromatic rings. The Hall–Kier alpha value is -2.14. The second-order valence-corrected chi connectivity index (χ2v) is 4.86. The van der Waals surface area contributed by atoms with Crippen LogP contribution in [0, 0.1) is 5.82 Å². The Kier molecular flexibility index (Phi) is 2.83. The van der Waals surface area contributed by atoms with E-state index < -0.39 is 0 Å². The molecular weight excluding hydrogens is 267 g/mol. The zero-order valence-corrected chi connectivity index (χ0v) is 10.8. The average molecular weight is 276 g/mol. The van der Waals surface area contributed by atoms with Crippen molar-refractivity contribution in [2.75, 3.05) is 7.11 Å². The maximum Gasteiger partial charge on any atom is 0.241 e. The second kappa shape index (κ2) is 4.51. The van der Waals surface area contributed by atoms with Crippen molar-refractivity contribution in [3.63, 3.8) is 0 Å². The van der Waals surface area contributed by atoms with E-state index in [-0.39, 0.29) is 17.4 Å². The van der Waals surface area contributed by atoms with Crippen molar-refractivity contribution in [2.24, 2.45) is 0 Å². The monoisotopic (exact) mass is 276 g/mol. The average Bonchev–Trinajstić information content (AvgIpc) is 3.03. The summed E-state index contributed by atoms with van der Waals surface area (Å²) < 4.78 is 23.6. The minimum Gasteiger partial charge on any atom is -0.495 e. The summed E-state index contributed by atoms with van der Waals surface area (Å²) in [4.78, 5) is 12.8. The lowest BCUT2D eigenvalue weighted by Gasteiger charge is -1.98. The number of carbonyl (C=O) groups is 1. The Balaban J connectivity index is 2.07. The van der Waals surface area contributed by atoms with Gasteiger partial charge in [-0.2, -0.15) is 0 Å². The number of hydrogen-bond acceptors (Lipinski definition) is 4. The van der Waals surface area contributed by atoms with E-state index in [9.17, 15) is 9.18 Å². The van der Waals surface area contributed by atoms with Crippen molar-refractivity contribution in [3.05, 3.63) is 52.2 Å². The number of furan rings is 1.